The van der Waals surface area contributed by atoms with Crippen LogP contribution in [0.1, 0.15) is 36.7 Å². The highest BCUT2D eigenvalue weighted by Gasteiger charge is 2.42. The molecule has 132 valence electrons. The molecule has 1 aliphatic rings. The number of carbonyl (C=O) groups excluding carboxylic acids is 1. The number of rotatable bonds is 3. The first-order chi connectivity index (χ1) is 11.7. The van der Waals surface area contributed by atoms with Crippen LogP contribution in [0.25, 0.3) is 0 Å². The lowest BCUT2D eigenvalue weighted by Gasteiger charge is -2.39. The van der Waals surface area contributed by atoms with Gasteiger partial charge in [-0.25, -0.2) is 8.42 Å². The van der Waals surface area contributed by atoms with Gasteiger partial charge in [0.25, 0.3) is 5.91 Å². The molecular formula is C20H23NO3S. The molecule has 0 saturated carbocycles. The summed E-state index contributed by atoms with van der Waals surface area (Å²) in [5.41, 5.74) is 1.16. The van der Waals surface area contributed by atoms with Crippen molar-refractivity contribution in [1.29, 1.82) is 0 Å². The number of amides is 1. The largest absolute Gasteiger partial charge is 0.336 e. The second kappa shape index (κ2) is 6.30. The molecular weight excluding hydrogens is 334 g/mol. The average Bonchev–Trinajstić information content (AvgIpc) is 2.53. The third-order valence-electron chi connectivity index (χ3n) is 4.60. The molecule has 5 heteroatoms. The van der Waals surface area contributed by atoms with Gasteiger partial charge in [0.15, 0.2) is 9.84 Å². The van der Waals surface area contributed by atoms with Crippen molar-refractivity contribution in [2.24, 2.45) is 0 Å². The van der Waals surface area contributed by atoms with Crippen molar-refractivity contribution in [2.75, 3.05) is 13.1 Å². The molecule has 0 unspecified atom stereocenters. The zero-order valence-corrected chi connectivity index (χ0v) is 15.6. The summed E-state index contributed by atoms with van der Waals surface area (Å²) in [6.45, 7) is 6.51. The molecule has 1 aliphatic heterocycles. The Morgan fingerprint density at radius 2 is 1.52 bits per heavy atom. The molecule has 1 heterocycles. The summed E-state index contributed by atoms with van der Waals surface area (Å²) in [6.07, 6.45) is 0. The standard InChI is InChI=1S/C20H23NO3S/c1-20(2,3)17-11-7-8-12-18(17)25(23,24)16-13-21(14-16)19(22)15-9-5-4-6-10-15/h4-12,16H,13-14H2,1-3H3. The van der Waals surface area contributed by atoms with Gasteiger partial charge in [-0.3, -0.25) is 4.79 Å². The number of likely N-dealkylation sites (tertiary alicyclic amines) is 1. The van der Waals surface area contributed by atoms with Gasteiger partial charge in [-0.15, -0.1) is 0 Å². The Morgan fingerprint density at radius 1 is 0.960 bits per heavy atom. The molecule has 0 N–H and O–H groups in total. The lowest BCUT2D eigenvalue weighted by Crippen LogP contribution is -2.57. The molecule has 1 amide bonds. The van der Waals surface area contributed by atoms with Crippen molar-refractivity contribution in [3.05, 3.63) is 65.7 Å². The summed E-state index contributed by atoms with van der Waals surface area (Å²) in [7, 11) is -3.46. The minimum Gasteiger partial charge on any atom is -0.336 e. The van der Waals surface area contributed by atoms with Crippen molar-refractivity contribution in [1.82, 2.24) is 4.90 Å². The van der Waals surface area contributed by atoms with Crippen LogP contribution in [-0.4, -0.2) is 37.6 Å². The fraction of sp³-hybridized carbons (Fsp3) is 0.350. The Balaban J connectivity index is 1.80. The molecule has 2 aromatic rings. The summed E-state index contributed by atoms with van der Waals surface area (Å²) < 4.78 is 26.1. The summed E-state index contributed by atoms with van der Waals surface area (Å²) in [4.78, 5) is 14.4. The number of sulfone groups is 1. The fourth-order valence-corrected chi connectivity index (χ4v) is 5.14. The number of nitrogens with zero attached hydrogens (tertiary/aromatic N) is 1. The Morgan fingerprint density at radius 3 is 2.12 bits per heavy atom. The van der Waals surface area contributed by atoms with Crippen LogP contribution in [0.4, 0.5) is 0 Å². The van der Waals surface area contributed by atoms with Crippen LogP contribution in [0.3, 0.4) is 0 Å². The van der Waals surface area contributed by atoms with Gasteiger partial charge in [-0.1, -0.05) is 57.2 Å². The van der Waals surface area contributed by atoms with Crippen molar-refractivity contribution in [2.45, 2.75) is 36.3 Å². The van der Waals surface area contributed by atoms with Crippen LogP contribution in [-0.2, 0) is 15.3 Å². The molecule has 25 heavy (non-hydrogen) atoms. The molecule has 0 aliphatic carbocycles. The summed E-state index contributed by atoms with van der Waals surface area (Å²) in [6, 6.07) is 16.1. The molecule has 2 aromatic carbocycles. The highest BCUT2D eigenvalue weighted by molar-refractivity contribution is 7.92. The fourth-order valence-electron chi connectivity index (χ4n) is 3.08. The van der Waals surface area contributed by atoms with E-state index in [4.69, 9.17) is 0 Å². The quantitative estimate of drug-likeness (QED) is 0.847. The van der Waals surface area contributed by atoms with E-state index in [0.717, 1.165) is 5.56 Å². The van der Waals surface area contributed by atoms with E-state index in [2.05, 4.69) is 0 Å². The topological polar surface area (TPSA) is 54.5 Å². The number of hydrogen-bond donors (Lipinski definition) is 0. The molecule has 0 aromatic heterocycles. The molecule has 1 fully saturated rings. The van der Waals surface area contributed by atoms with Gasteiger partial charge in [0.2, 0.25) is 0 Å². The molecule has 1 saturated heterocycles. The molecule has 3 rings (SSSR count). The van der Waals surface area contributed by atoms with E-state index in [9.17, 15) is 13.2 Å². The predicted molar refractivity (Wildman–Crippen MR) is 98.5 cm³/mol. The van der Waals surface area contributed by atoms with Crippen molar-refractivity contribution < 1.29 is 13.2 Å². The van der Waals surface area contributed by atoms with Crippen molar-refractivity contribution in [3.8, 4) is 0 Å². The van der Waals surface area contributed by atoms with Crippen molar-refractivity contribution >= 4 is 15.7 Å². The van der Waals surface area contributed by atoms with Gasteiger partial charge >= 0.3 is 0 Å². The van der Waals surface area contributed by atoms with Crippen LogP contribution in [0, 0.1) is 0 Å². The molecule has 0 spiro atoms. The predicted octanol–water partition coefficient (Wildman–Crippen LogP) is 3.28. The van der Waals surface area contributed by atoms with Crippen LogP contribution in [0.15, 0.2) is 59.5 Å². The maximum atomic E-state index is 13.0. The minimum absolute atomic E-state index is 0.115. The van der Waals surface area contributed by atoms with Crippen LogP contribution in [0.5, 0.6) is 0 Å². The highest BCUT2D eigenvalue weighted by atomic mass is 32.2. The van der Waals surface area contributed by atoms with Gasteiger partial charge in [0.05, 0.1) is 4.90 Å². The smallest absolute Gasteiger partial charge is 0.253 e. The summed E-state index contributed by atoms with van der Waals surface area (Å²) in [5, 5.41) is -0.538. The van der Waals surface area contributed by atoms with E-state index in [1.807, 2.05) is 39.0 Å². The summed E-state index contributed by atoms with van der Waals surface area (Å²) in [5.74, 6) is -0.115. The third-order valence-corrected chi connectivity index (χ3v) is 6.74. The Labute approximate surface area is 149 Å². The number of hydrogen-bond acceptors (Lipinski definition) is 3. The molecule has 0 atom stereocenters. The second-order valence-corrected chi connectivity index (χ2v) is 9.69. The van der Waals surface area contributed by atoms with Gasteiger partial charge < -0.3 is 4.90 Å². The Hall–Kier alpha value is -2.14. The van der Waals surface area contributed by atoms with Crippen LogP contribution in [0.2, 0.25) is 0 Å². The highest BCUT2D eigenvalue weighted by Crippen LogP contribution is 2.33. The van der Waals surface area contributed by atoms with Crippen LogP contribution >= 0.6 is 0 Å². The zero-order valence-electron chi connectivity index (χ0n) is 14.8. The summed E-state index contributed by atoms with van der Waals surface area (Å²) >= 11 is 0. The van der Waals surface area contributed by atoms with E-state index in [-0.39, 0.29) is 24.4 Å². The lowest BCUT2D eigenvalue weighted by molar-refractivity contribution is 0.0659. The Kier molecular flexibility index (Phi) is 4.45. The van der Waals surface area contributed by atoms with E-state index in [1.54, 1.807) is 41.3 Å². The molecule has 0 radical (unpaired) electrons. The van der Waals surface area contributed by atoms with E-state index < -0.39 is 15.1 Å². The van der Waals surface area contributed by atoms with E-state index in [0.29, 0.717) is 10.5 Å². The number of carbonyl (C=O) groups is 1. The number of benzene rings is 2. The van der Waals surface area contributed by atoms with E-state index >= 15 is 0 Å². The zero-order chi connectivity index (χ0) is 18.2. The van der Waals surface area contributed by atoms with E-state index in [1.165, 1.54) is 0 Å². The SMILES string of the molecule is CC(C)(C)c1ccccc1S(=O)(=O)C1CN(C(=O)c2ccccc2)C1. The van der Waals surface area contributed by atoms with Gasteiger partial charge in [-0.05, 0) is 29.2 Å². The first kappa shape index (κ1) is 17.7. The average molecular weight is 357 g/mol. The second-order valence-electron chi connectivity index (χ2n) is 7.49. The maximum absolute atomic E-state index is 13.0. The normalized spacial score (nSPS) is 15.7. The first-order valence-corrected chi connectivity index (χ1v) is 9.93. The van der Waals surface area contributed by atoms with Crippen LogP contribution < -0.4 is 0 Å². The molecule has 0 bridgehead atoms. The molecule has 4 nitrogen and oxygen atoms in total. The lowest BCUT2D eigenvalue weighted by atomic mass is 9.87. The van der Waals surface area contributed by atoms with Gasteiger partial charge in [0, 0.05) is 18.7 Å². The maximum Gasteiger partial charge on any atom is 0.253 e. The van der Waals surface area contributed by atoms with Gasteiger partial charge in [0.1, 0.15) is 5.25 Å². The van der Waals surface area contributed by atoms with Crippen molar-refractivity contribution in [3.63, 3.8) is 0 Å². The minimum atomic E-state index is -3.46. The Bertz CT molecular complexity index is 877. The first-order valence-electron chi connectivity index (χ1n) is 8.39. The monoisotopic (exact) mass is 357 g/mol. The third kappa shape index (κ3) is 3.33. The van der Waals surface area contributed by atoms with Gasteiger partial charge in [-0.2, -0.15) is 0 Å².